The molecule has 7 heteroatoms. The number of anilines is 1. The van der Waals surface area contributed by atoms with Gasteiger partial charge in [-0.05, 0) is 18.2 Å². The highest BCUT2D eigenvalue weighted by Gasteiger charge is 2.09. The molecule has 2 rings (SSSR count). The van der Waals surface area contributed by atoms with Crippen LogP contribution in [0, 0.1) is 0 Å². The second-order valence-corrected chi connectivity index (χ2v) is 3.95. The van der Waals surface area contributed by atoms with E-state index in [0.29, 0.717) is 37.1 Å². The molecule has 2 aromatic heterocycles. The van der Waals surface area contributed by atoms with E-state index in [-0.39, 0.29) is 5.91 Å². The molecule has 0 radical (unpaired) electrons. The topological polar surface area (TPSA) is 89.3 Å². The van der Waals surface area contributed by atoms with Crippen LogP contribution >= 0.6 is 0 Å². The Bertz CT molecular complexity index is 542. The molecule has 106 valence electrons. The number of carbonyl (C=O) groups excluding carboxylic acids is 1. The Balaban J connectivity index is 1.90. The van der Waals surface area contributed by atoms with Crippen LogP contribution in [0.3, 0.4) is 0 Å². The summed E-state index contributed by atoms with van der Waals surface area (Å²) in [6, 6.07) is 5.11. The number of aromatic nitrogens is 2. The average Bonchev–Trinajstić information content (AvgIpc) is 2.99. The fourth-order valence-corrected chi connectivity index (χ4v) is 1.51. The van der Waals surface area contributed by atoms with Crippen LogP contribution in [0.1, 0.15) is 16.2 Å². The molecule has 1 amide bonds. The van der Waals surface area contributed by atoms with E-state index in [1.165, 1.54) is 6.20 Å². The van der Waals surface area contributed by atoms with E-state index in [0.717, 1.165) is 0 Å². The third-order valence-electron chi connectivity index (χ3n) is 2.48. The number of rotatable bonds is 7. The maximum atomic E-state index is 11.9. The van der Waals surface area contributed by atoms with Crippen LogP contribution in [0.4, 0.5) is 5.95 Å². The number of methoxy groups -OCH3 is 1. The predicted molar refractivity (Wildman–Crippen MR) is 72.3 cm³/mol. The Morgan fingerprint density at radius 1 is 1.45 bits per heavy atom. The van der Waals surface area contributed by atoms with Crippen molar-refractivity contribution in [2.24, 2.45) is 0 Å². The largest absolute Gasteiger partial charge is 0.467 e. The van der Waals surface area contributed by atoms with E-state index < -0.39 is 0 Å². The molecule has 0 fully saturated rings. The number of furan rings is 1. The Morgan fingerprint density at radius 3 is 3.10 bits per heavy atom. The lowest BCUT2D eigenvalue weighted by atomic mass is 10.3. The van der Waals surface area contributed by atoms with E-state index in [1.807, 2.05) is 0 Å². The van der Waals surface area contributed by atoms with E-state index in [9.17, 15) is 4.79 Å². The van der Waals surface area contributed by atoms with Crippen molar-refractivity contribution in [2.45, 2.75) is 6.54 Å². The van der Waals surface area contributed by atoms with Crippen LogP contribution in [0.25, 0.3) is 0 Å². The Kier molecular flexibility index (Phi) is 5.08. The van der Waals surface area contributed by atoms with Gasteiger partial charge < -0.3 is 19.8 Å². The summed E-state index contributed by atoms with van der Waals surface area (Å²) in [4.78, 5) is 20.1. The first-order valence-electron chi connectivity index (χ1n) is 6.16. The maximum Gasteiger partial charge on any atom is 0.270 e. The average molecular weight is 276 g/mol. The summed E-state index contributed by atoms with van der Waals surface area (Å²) >= 11 is 0. The van der Waals surface area contributed by atoms with Gasteiger partial charge in [-0.15, -0.1) is 0 Å². The number of carbonyl (C=O) groups is 1. The van der Waals surface area contributed by atoms with Crippen LogP contribution < -0.4 is 10.6 Å². The lowest BCUT2D eigenvalue weighted by Crippen LogP contribution is -2.24. The van der Waals surface area contributed by atoms with Gasteiger partial charge in [0.05, 0.1) is 19.4 Å². The van der Waals surface area contributed by atoms with Gasteiger partial charge in [-0.2, -0.15) is 0 Å². The molecule has 0 spiro atoms. The molecule has 0 aliphatic carbocycles. The molecule has 0 bridgehead atoms. The smallest absolute Gasteiger partial charge is 0.270 e. The first kappa shape index (κ1) is 14.0. The van der Waals surface area contributed by atoms with Crippen LogP contribution in [0.5, 0.6) is 0 Å². The molecule has 0 atom stereocenters. The molecule has 20 heavy (non-hydrogen) atoms. The number of hydrogen-bond donors (Lipinski definition) is 2. The summed E-state index contributed by atoms with van der Waals surface area (Å²) in [5, 5.41) is 5.69. The van der Waals surface area contributed by atoms with Gasteiger partial charge in [-0.3, -0.25) is 4.79 Å². The summed E-state index contributed by atoms with van der Waals surface area (Å²) in [5.41, 5.74) is 0.298. The van der Waals surface area contributed by atoms with Crippen LogP contribution in [-0.2, 0) is 11.3 Å². The Morgan fingerprint density at radius 2 is 2.35 bits per heavy atom. The highest BCUT2D eigenvalue weighted by Crippen LogP contribution is 2.02. The highest BCUT2D eigenvalue weighted by atomic mass is 16.5. The molecule has 0 saturated heterocycles. The normalized spacial score (nSPS) is 10.2. The summed E-state index contributed by atoms with van der Waals surface area (Å²) in [7, 11) is 1.61. The maximum absolute atomic E-state index is 11.9. The van der Waals surface area contributed by atoms with Crippen molar-refractivity contribution >= 4 is 11.9 Å². The fraction of sp³-hybridized carbons (Fsp3) is 0.308. The van der Waals surface area contributed by atoms with Crippen LogP contribution in [0.15, 0.2) is 35.1 Å². The lowest BCUT2D eigenvalue weighted by Gasteiger charge is -2.06. The molecule has 0 saturated carbocycles. The molecule has 0 aliphatic rings. The second kappa shape index (κ2) is 7.25. The van der Waals surface area contributed by atoms with Crippen molar-refractivity contribution in [3.05, 3.63) is 42.1 Å². The molecule has 2 aromatic rings. The van der Waals surface area contributed by atoms with Gasteiger partial charge in [0.1, 0.15) is 11.5 Å². The molecule has 0 aromatic carbocycles. The van der Waals surface area contributed by atoms with Gasteiger partial charge in [-0.25, -0.2) is 9.97 Å². The van der Waals surface area contributed by atoms with E-state index in [2.05, 4.69) is 20.6 Å². The SMILES string of the molecule is COCCNc1nccc(C(=O)NCc2ccco2)n1. The Hall–Kier alpha value is -2.41. The van der Waals surface area contributed by atoms with Crippen molar-refractivity contribution < 1.29 is 13.9 Å². The number of ether oxygens (including phenoxy) is 1. The zero-order valence-electron chi connectivity index (χ0n) is 11.1. The molecule has 0 aliphatic heterocycles. The van der Waals surface area contributed by atoms with E-state index in [4.69, 9.17) is 9.15 Å². The first-order chi connectivity index (χ1) is 9.79. The van der Waals surface area contributed by atoms with Gasteiger partial charge in [0, 0.05) is 19.9 Å². The third kappa shape index (κ3) is 4.06. The second-order valence-electron chi connectivity index (χ2n) is 3.95. The summed E-state index contributed by atoms with van der Waals surface area (Å²) in [6.45, 7) is 1.44. The number of nitrogens with one attached hydrogen (secondary N) is 2. The van der Waals surface area contributed by atoms with Crippen LogP contribution in [-0.4, -0.2) is 36.1 Å². The number of amides is 1. The van der Waals surface area contributed by atoms with Crippen molar-refractivity contribution in [1.29, 1.82) is 0 Å². The van der Waals surface area contributed by atoms with Crippen LogP contribution in [0.2, 0.25) is 0 Å². The number of hydrogen-bond acceptors (Lipinski definition) is 6. The third-order valence-corrected chi connectivity index (χ3v) is 2.48. The lowest BCUT2D eigenvalue weighted by molar-refractivity contribution is 0.0943. The quantitative estimate of drug-likeness (QED) is 0.735. The number of nitrogens with zero attached hydrogens (tertiary/aromatic N) is 2. The highest BCUT2D eigenvalue weighted by molar-refractivity contribution is 5.92. The summed E-state index contributed by atoms with van der Waals surface area (Å²) in [6.07, 6.45) is 3.09. The van der Waals surface area contributed by atoms with Crippen molar-refractivity contribution in [2.75, 3.05) is 25.6 Å². The standard InChI is InChI=1S/C13H16N4O3/c1-19-8-6-15-13-14-5-4-11(17-13)12(18)16-9-10-3-2-7-20-10/h2-5,7H,6,8-9H2,1H3,(H,16,18)(H,14,15,17). The minimum atomic E-state index is -0.279. The molecular formula is C13H16N4O3. The van der Waals surface area contributed by atoms with Gasteiger partial charge in [0.2, 0.25) is 5.95 Å². The first-order valence-corrected chi connectivity index (χ1v) is 6.16. The molecule has 7 nitrogen and oxygen atoms in total. The fourth-order valence-electron chi connectivity index (χ4n) is 1.51. The molecule has 2 heterocycles. The van der Waals surface area contributed by atoms with E-state index >= 15 is 0 Å². The van der Waals surface area contributed by atoms with Gasteiger partial charge in [0.25, 0.3) is 5.91 Å². The Labute approximate surface area is 116 Å². The van der Waals surface area contributed by atoms with Crippen molar-refractivity contribution in [3.8, 4) is 0 Å². The minimum absolute atomic E-state index is 0.279. The van der Waals surface area contributed by atoms with Crippen molar-refractivity contribution in [1.82, 2.24) is 15.3 Å². The molecular weight excluding hydrogens is 260 g/mol. The zero-order valence-corrected chi connectivity index (χ0v) is 11.1. The minimum Gasteiger partial charge on any atom is -0.467 e. The monoisotopic (exact) mass is 276 g/mol. The van der Waals surface area contributed by atoms with Crippen molar-refractivity contribution in [3.63, 3.8) is 0 Å². The summed E-state index contributed by atoms with van der Waals surface area (Å²) < 4.78 is 10.0. The molecule has 2 N–H and O–H groups in total. The zero-order chi connectivity index (χ0) is 14.2. The van der Waals surface area contributed by atoms with Gasteiger partial charge in [0.15, 0.2) is 0 Å². The van der Waals surface area contributed by atoms with E-state index in [1.54, 1.807) is 31.6 Å². The van der Waals surface area contributed by atoms with Gasteiger partial charge >= 0.3 is 0 Å². The van der Waals surface area contributed by atoms with Gasteiger partial charge in [-0.1, -0.05) is 0 Å². The predicted octanol–water partition coefficient (Wildman–Crippen LogP) is 1.06. The molecule has 0 unspecified atom stereocenters. The summed E-state index contributed by atoms with van der Waals surface area (Å²) in [5.74, 6) is 0.803.